The van der Waals surface area contributed by atoms with Gasteiger partial charge in [-0.05, 0) is 69.7 Å². The van der Waals surface area contributed by atoms with Crippen LogP contribution in [0, 0.1) is 17.8 Å². The van der Waals surface area contributed by atoms with Crippen molar-refractivity contribution in [2.75, 3.05) is 0 Å². The van der Waals surface area contributed by atoms with Gasteiger partial charge < -0.3 is 0 Å². The number of aryl methyl sites for hydroxylation is 1. The Morgan fingerprint density at radius 3 is 2.46 bits per heavy atom. The molecule has 0 spiro atoms. The summed E-state index contributed by atoms with van der Waals surface area (Å²) < 4.78 is 0. The van der Waals surface area contributed by atoms with Crippen molar-refractivity contribution in [2.45, 2.75) is 52.4 Å². The molecule has 0 amide bonds. The van der Waals surface area contributed by atoms with Gasteiger partial charge in [0.1, 0.15) is 0 Å². The molecule has 1 saturated carbocycles. The molecule has 0 N–H and O–H groups in total. The van der Waals surface area contributed by atoms with E-state index in [1.165, 1.54) is 44.2 Å². The summed E-state index contributed by atoms with van der Waals surface area (Å²) in [5.41, 5.74) is 9.88. The van der Waals surface area contributed by atoms with E-state index in [4.69, 9.17) is 6.58 Å². The van der Waals surface area contributed by atoms with Crippen LogP contribution in [0.2, 0.25) is 0 Å². The van der Waals surface area contributed by atoms with Gasteiger partial charge in [0, 0.05) is 11.8 Å². The third kappa shape index (κ3) is 4.25. The number of rotatable bonds is 6. The molecule has 0 heterocycles. The van der Waals surface area contributed by atoms with Gasteiger partial charge in [0.2, 0.25) is 0 Å². The maximum Gasteiger partial charge on any atom is 0.0123 e. The van der Waals surface area contributed by atoms with Crippen LogP contribution in [0.4, 0.5) is 0 Å². The standard InChI is InChI=1S/C35H38/c1-6-13-23(3)33-24(4)20-30-21-29(25(5)34(30)35(33)28-15-9-8-10-16-28)22-32-26(7-2)18-19-27-14-11-12-17-31(27)32/h8-12,14-20,22,24,33-35H,3,5-7,13,21H2,1-2,4H3/b29-22-. The zero-order chi connectivity index (χ0) is 24.5. The van der Waals surface area contributed by atoms with E-state index in [-0.39, 0.29) is 0 Å². The second kappa shape index (κ2) is 9.86. The van der Waals surface area contributed by atoms with E-state index in [1.54, 1.807) is 5.57 Å². The first kappa shape index (κ1) is 23.6. The summed E-state index contributed by atoms with van der Waals surface area (Å²) in [6.45, 7) is 16.3. The SMILES string of the molecule is C=C1/C(=C\c2c(CC)ccc3ccccc23)CC2=CC(C)C(C(=C)CCC)C(c3ccccc3)C12. The quantitative estimate of drug-likeness (QED) is 0.322. The van der Waals surface area contributed by atoms with Crippen LogP contribution in [0.25, 0.3) is 16.8 Å². The Morgan fingerprint density at radius 1 is 0.971 bits per heavy atom. The first-order valence-electron chi connectivity index (χ1n) is 13.4. The lowest BCUT2D eigenvalue weighted by atomic mass is 9.62. The maximum atomic E-state index is 4.75. The van der Waals surface area contributed by atoms with Crippen LogP contribution in [0.3, 0.4) is 0 Å². The van der Waals surface area contributed by atoms with Gasteiger partial charge in [0.15, 0.2) is 0 Å². The molecule has 0 bridgehead atoms. The first-order valence-corrected chi connectivity index (χ1v) is 13.4. The third-order valence-electron chi connectivity index (χ3n) is 8.36. The molecule has 0 saturated heterocycles. The average molecular weight is 459 g/mol. The lowest BCUT2D eigenvalue weighted by Crippen LogP contribution is -2.31. The number of hydrogen-bond acceptors (Lipinski definition) is 0. The summed E-state index contributed by atoms with van der Waals surface area (Å²) in [6.07, 6.45) is 9.31. The van der Waals surface area contributed by atoms with Crippen molar-refractivity contribution < 1.29 is 0 Å². The highest BCUT2D eigenvalue weighted by atomic mass is 14.5. The lowest BCUT2D eigenvalue weighted by Gasteiger charge is -2.41. The molecule has 0 heteroatoms. The molecule has 4 unspecified atom stereocenters. The van der Waals surface area contributed by atoms with E-state index >= 15 is 0 Å². The smallest absolute Gasteiger partial charge is 0.0123 e. The van der Waals surface area contributed by atoms with Crippen molar-refractivity contribution in [3.63, 3.8) is 0 Å². The first-order chi connectivity index (χ1) is 17.0. The summed E-state index contributed by atoms with van der Waals surface area (Å²) >= 11 is 0. The number of allylic oxidation sites excluding steroid dienone is 5. The van der Waals surface area contributed by atoms with Crippen LogP contribution >= 0.6 is 0 Å². The fourth-order valence-electron chi connectivity index (χ4n) is 6.78. The van der Waals surface area contributed by atoms with Gasteiger partial charge in [-0.2, -0.15) is 0 Å². The molecule has 2 aliphatic rings. The van der Waals surface area contributed by atoms with Gasteiger partial charge in [0.05, 0.1) is 0 Å². The normalized spacial score (nSPS) is 25.1. The molecule has 35 heavy (non-hydrogen) atoms. The lowest BCUT2D eigenvalue weighted by molar-refractivity contribution is 0.322. The Hall–Kier alpha value is -3.12. The highest BCUT2D eigenvalue weighted by molar-refractivity contribution is 5.93. The number of hydrogen-bond donors (Lipinski definition) is 0. The molecule has 0 aromatic heterocycles. The molecule has 0 radical (unpaired) electrons. The Bertz CT molecular complexity index is 1320. The molecular weight excluding hydrogens is 420 g/mol. The second-order valence-corrected chi connectivity index (χ2v) is 10.5. The summed E-state index contributed by atoms with van der Waals surface area (Å²) in [5.74, 6) is 1.70. The molecule has 1 fully saturated rings. The van der Waals surface area contributed by atoms with E-state index in [0.717, 1.165) is 25.7 Å². The van der Waals surface area contributed by atoms with E-state index in [9.17, 15) is 0 Å². The minimum Gasteiger partial charge on any atom is -0.0995 e. The molecule has 5 rings (SSSR count). The van der Waals surface area contributed by atoms with Gasteiger partial charge in [-0.1, -0.05) is 130 Å². The van der Waals surface area contributed by atoms with Crippen LogP contribution < -0.4 is 0 Å². The van der Waals surface area contributed by atoms with Crippen LogP contribution in [-0.2, 0) is 6.42 Å². The van der Waals surface area contributed by atoms with Gasteiger partial charge in [0.25, 0.3) is 0 Å². The number of fused-ring (bicyclic) bond motifs is 2. The molecular formula is C35H38. The summed E-state index contributed by atoms with van der Waals surface area (Å²) in [4.78, 5) is 0. The van der Waals surface area contributed by atoms with Crippen molar-refractivity contribution in [1.82, 2.24) is 0 Å². The van der Waals surface area contributed by atoms with Crippen molar-refractivity contribution in [3.05, 3.63) is 125 Å². The monoisotopic (exact) mass is 458 g/mol. The van der Waals surface area contributed by atoms with Crippen LogP contribution in [0.15, 0.2) is 108 Å². The largest absolute Gasteiger partial charge is 0.0995 e. The van der Waals surface area contributed by atoms with Crippen molar-refractivity contribution in [1.29, 1.82) is 0 Å². The zero-order valence-corrected chi connectivity index (χ0v) is 21.6. The van der Waals surface area contributed by atoms with Crippen molar-refractivity contribution >= 4 is 16.8 Å². The average Bonchev–Trinajstić information content (AvgIpc) is 3.18. The van der Waals surface area contributed by atoms with E-state index in [1.807, 2.05) is 0 Å². The zero-order valence-electron chi connectivity index (χ0n) is 21.6. The van der Waals surface area contributed by atoms with Crippen molar-refractivity contribution in [2.24, 2.45) is 17.8 Å². The Balaban J connectivity index is 1.62. The molecule has 3 aromatic carbocycles. The van der Waals surface area contributed by atoms with Crippen LogP contribution in [-0.4, -0.2) is 0 Å². The Kier molecular flexibility index (Phi) is 6.65. The van der Waals surface area contributed by atoms with Crippen LogP contribution in [0.5, 0.6) is 0 Å². The highest BCUT2D eigenvalue weighted by Crippen LogP contribution is 2.57. The fourth-order valence-corrected chi connectivity index (χ4v) is 6.78. The minimum atomic E-state index is 0.360. The van der Waals surface area contributed by atoms with Gasteiger partial charge in [-0.25, -0.2) is 0 Å². The molecule has 178 valence electrons. The minimum absolute atomic E-state index is 0.360. The molecule has 0 aliphatic heterocycles. The molecule has 3 aromatic rings. The number of benzene rings is 3. The fraction of sp³-hybridized carbons (Fsp3) is 0.314. The molecule has 4 atom stereocenters. The maximum absolute atomic E-state index is 4.75. The second-order valence-electron chi connectivity index (χ2n) is 10.5. The van der Waals surface area contributed by atoms with Crippen molar-refractivity contribution in [3.8, 4) is 0 Å². The van der Waals surface area contributed by atoms with Gasteiger partial charge in [-0.15, -0.1) is 0 Å². The summed E-state index contributed by atoms with van der Waals surface area (Å²) in [6, 6.07) is 24.5. The van der Waals surface area contributed by atoms with E-state index < -0.39 is 0 Å². The Morgan fingerprint density at radius 2 is 1.71 bits per heavy atom. The van der Waals surface area contributed by atoms with Crippen LogP contribution in [0.1, 0.15) is 62.6 Å². The summed E-state index contributed by atoms with van der Waals surface area (Å²) in [7, 11) is 0. The van der Waals surface area contributed by atoms with Gasteiger partial charge in [-0.3, -0.25) is 0 Å². The molecule has 2 aliphatic carbocycles. The topological polar surface area (TPSA) is 0 Å². The predicted molar refractivity (Wildman–Crippen MR) is 153 cm³/mol. The van der Waals surface area contributed by atoms with E-state index in [0.29, 0.717) is 23.7 Å². The Labute approximate surface area is 211 Å². The van der Waals surface area contributed by atoms with Gasteiger partial charge >= 0.3 is 0 Å². The highest BCUT2D eigenvalue weighted by Gasteiger charge is 2.45. The predicted octanol–water partition coefficient (Wildman–Crippen LogP) is 9.69. The molecule has 0 nitrogen and oxygen atoms in total. The van der Waals surface area contributed by atoms with E-state index in [2.05, 4.69) is 106 Å². The third-order valence-corrected chi connectivity index (χ3v) is 8.36. The summed E-state index contributed by atoms with van der Waals surface area (Å²) in [5, 5.41) is 2.65.